The van der Waals surface area contributed by atoms with Crippen molar-refractivity contribution >= 4 is 33.0 Å². The van der Waals surface area contributed by atoms with Crippen molar-refractivity contribution < 1.29 is 18.1 Å². The van der Waals surface area contributed by atoms with Gasteiger partial charge in [-0.3, -0.25) is 14.9 Å². The maximum Gasteiger partial charge on any atom is 0.270 e. The lowest BCUT2D eigenvalue weighted by atomic mass is 10.3. The third-order valence-electron chi connectivity index (χ3n) is 3.79. The minimum Gasteiger partial charge on any atom is -0.351 e. The van der Waals surface area contributed by atoms with Gasteiger partial charge in [-0.15, -0.1) is 11.3 Å². The Morgan fingerprint density at radius 2 is 1.93 bits per heavy atom. The van der Waals surface area contributed by atoms with Crippen molar-refractivity contribution in [2.45, 2.75) is 38.1 Å². The van der Waals surface area contributed by atoms with Gasteiger partial charge in [0.15, 0.2) is 0 Å². The summed E-state index contributed by atoms with van der Waals surface area (Å²) in [6.45, 7) is 4.62. The Morgan fingerprint density at radius 3 is 2.50 bits per heavy atom. The third kappa shape index (κ3) is 5.33. The largest absolute Gasteiger partial charge is 0.351 e. The minimum absolute atomic E-state index is 0.0241. The number of nitrogens with zero attached hydrogens (tertiary/aromatic N) is 3. The number of nitro groups is 1. The van der Waals surface area contributed by atoms with Gasteiger partial charge < -0.3 is 5.32 Å². The highest BCUT2D eigenvalue weighted by Gasteiger charge is 2.26. The molecular formula is C17H22N4O5S2. The van der Waals surface area contributed by atoms with Crippen LogP contribution in [0, 0.1) is 10.1 Å². The second-order valence-corrected chi connectivity index (χ2v) is 8.85. The number of hydrogen-bond donors (Lipinski definition) is 1. The van der Waals surface area contributed by atoms with Crippen molar-refractivity contribution in [2.24, 2.45) is 0 Å². The zero-order chi connectivity index (χ0) is 20.7. The fourth-order valence-corrected chi connectivity index (χ4v) is 4.75. The Balaban J connectivity index is 2.21. The number of carbonyl (C=O) groups is 1. The summed E-state index contributed by atoms with van der Waals surface area (Å²) >= 11 is 1.22. The van der Waals surface area contributed by atoms with Gasteiger partial charge in [-0.25, -0.2) is 13.4 Å². The summed E-state index contributed by atoms with van der Waals surface area (Å²) < 4.78 is 27.2. The first-order chi connectivity index (χ1) is 13.3. The van der Waals surface area contributed by atoms with Gasteiger partial charge in [-0.05, 0) is 25.0 Å². The zero-order valence-corrected chi connectivity index (χ0v) is 17.3. The van der Waals surface area contributed by atoms with Gasteiger partial charge >= 0.3 is 0 Å². The van der Waals surface area contributed by atoms with E-state index in [0.29, 0.717) is 18.0 Å². The lowest BCUT2D eigenvalue weighted by Crippen LogP contribution is -2.31. The predicted octanol–water partition coefficient (Wildman–Crippen LogP) is 2.79. The number of nitro benzene ring substituents is 1. The molecule has 152 valence electrons. The van der Waals surface area contributed by atoms with Crippen molar-refractivity contribution in [1.29, 1.82) is 0 Å². The van der Waals surface area contributed by atoms with Gasteiger partial charge in [-0.2, -0.15) is 4.31 Å². The van der Waals surface area contributed by atoms with Crippen molar-refractivity contribution in [3.8, 4) is 0 Å². The van der Waals surface area contributed by atoms with E-state index in [1.165, 1.54) is 27.8 Å². The number of non-ortho nitro benzene ring substituents is 1. The Hall–Kier alpha value is -2.37. The summed E-state index contributed by atoms with van der Waals surface area (Å²) in [7, 11) is -3.85. The van der Waals surface area contributed by atoms with E-state index in [4.69, 9.17) is 0 Å². The smallest absolute Gasteiger partial charge is 0.270 e. The summed E-state index contributed by atoms with van der Waals surface area (Å²) in [4.78, 5) is 26.4. The van der Waals surface area contributed by atoms with Crippen molar-refractivity contribution in [3.05, 3.63) is 50.5 Å². The summed E-state index contributed by atoms with van der Waals surface area (Å²) in [6.07, 6.45) is 1.39. The summed E-state index contributed by atoms with van der Waals surface area (Å²) in [6, 6.07) is 4.77. The van der Waals surface area contributed by atoms with E-state index >= 15 is 0 Å². The molecule has 0 saturated heterocycles. The first-order valence-electron chi connectivity index (χ1n) is 8.76. The molecule has 0 unspecified atom stereocenters. The molecule has 1 amide bonds. The van der Waals surface area contributed by atoms with E-state index < -0.39 is 14.9 Å². The number of hydrogen-bond acceptors (Lipinski definition) is 7. The summed E-state index contributed by atoms with van der Waals surface area (Å²) in [5, 5.41) is 15.6. The molecule has 0 aliphatic heterocycles. The molecule has 0 saturated carbocycles. The van der Waals surface area contributed by atoms with Crippen LogP contribution < -0.4 is 5.32 Å². The van der Waals surface area contributed by atoms with Crippen LogP contribution in [0.3, 0.4) is 0 Å². The minimum atomic E-state index is -3.85. The molecule has 11 heteroatoms. The highest BCUT2D eigenvalue weighted by atomic mass is 32.2. The molecule has 0 aliphatic carbocycles. The normalized spacial score (nSPS) is 11.5. The molecule has 0 spiro atoms. The monoisotopic (exact) mass is 426 g/mol. The Labute approximate surface area is 167 Å². The maximum absolute atomic E-state index is 12.9. The van der Waals surface area contributed by atoms with E-state index in [0.717, 1.165) is 18.6 Å². The summed E-state index contributed by atoms with van der Waals surface area (Å²) in [5.74, 6) is -0.287. The standard InChI is InChI=1S/C17H22N4O5S2/c1-3-9-18-17(22)15-12-27-16(19-15)11-20(10-4-2)28(25,26)14-7-5-13(6-8-14)21(23)24/h5-8,12H,3-4,9-11H2,1-2H3,(H,18,22). The molecule has 2 rings (SSSR count). The van der Waals surface area contributed by atoms with Gasteiger partial charge in [0, 0.05) is 30.6 Å². The quantitative estimate of drug-likeness (QED) is 0.460. The molecule has 1 N–H and O–H groups in total. The molecule has 0 aliphatic rings. The lowest BCUT2D eigenvalue weighted by Gasteiger charge is -2.20. The number of nitrogens with one attached hydrogen (secondary N) is 1. The Bertz CT molecular complexity index is 925. The molecule has 0 fully saturated rings. The first-order valence-corrected chi connectivity index (χ1v) is 11.1. The van der Waals surface area contributed by atoms with E-state index in [2.05, 4.69) is 10.3 Å². The van der Waals surface area contributed by atoms with Gasteiger partial charge in [0.05, 0.1) is 16.4 Å². The lowest BCUT2D eigenvalue weighted by molar-refractivity contribution is -0.384. The average molecular weight is 427 g/mol. The second kappa shape index (κ2) is 9.71. The third-order valence-corrected chi connectivity index (χ3v) is 6.48. The number of aromatic nitrogens is 1. The van der Waals surface area contributed by atoms with Crippen molar-refractivity contribution in [3.63, 3.8) is 0 Å². The molecule has 1 aromatic carbocycles. The van der Waals surface area contributed by atoms with Crippen LogP contribution in [0.25, 0.3) is 0 Å². The van der Waals surface area contributed by atoms with Gasteiger partial charge in [-0.1, -0.05) is 13.8 Å². The number of sulfonamides is 1. The number of benzene rings is 1. The number of amides is 1. The van der Waals surface area contributed by atoms with Crippen LogP contribution in [0.4, 0.5) is 5.69 Å². The molecular weight excluding hydrogens is 404 g/mol. The van der Waals surface area contributed by atoms with Gasteiger partial charge in [0.25, 0.3) is 11.6 Å². The molecule has 0 radical (unpaired) electrons. The zero-order valence-electron chi connectivity index (χ0n) is 15.6. The van der Waals surface area contributed by atoms with Crippen LogP contribution in [0.2, 0.25) is 0 Å². The Kier molecular flexibility index (Phi) is 7.61. The fourth-order valence-electron chi connectivity index (χ4n) is 2.39. The molecule has 2 aromatic rings. The van der Waals surface area contributed by atoms with Crippen molar-refractivity contribution in [1.82, 2.24) is 14.6 Å². The maximum atomic E-state index is 12.9. The average Bonchev–Trinajstić information content (AvgIpc) is 3.14. The molecule has 0 bridgehead atoms. The topological polar surface area (TPSA) is 123 Å². The molecule has 28 heavy (non-hydrogen) atoms. The highest BCUT2D eigenvalue weighted by molar-refractivity contribution is 7.89. The van der Waals surface area contributed by atoms with Crippen molar-refractivity contribution in [2.75, 3.05) is 13.1 Å². The SMILES string of the molecule is CCCNC(=O)c1csc(CN(CCC)S(=O)(=O)c2ccc([N+](=O)[O-])cc2)n1. The molecule has 9 nitrogen and oxygen atoms in total. The van der Waals surface area contributed by atoms with Crippen LogP contribution in [-0.2, 0) is 16.6 Å². The van der Waals surface area contributed by atoms with Crippen LogP contribution in [0.5, 0.6) is 0 Å². The van der Waals surface area contributed by atoms with E-state index in [1.807, 2.05) is 13.8 Å². The van der Waals surface area contributed by atoms with Gasteiger partial charge in [0.1, 0.15) is 10.7 Å². The van der Waals surface area contributed by atoms with E-state index in [9.17, 15) is 23.3 Å². The van der Waals surface area contributed by atoms with Crippen LogP contribution in [0.1, 0.15) is 42.2 Å². The Morgan fingerprint density at radius 1 is 1.25 bits per heavy atom. The predicted molar refractivity (Wildman–Crippen MR) is 106 cm³/mol. The number of thiazole rings is 1. The summed E-state index contributed by atoms with van der Waals surface area (Å²) in [5.41, 5.74) is 0.0845. The second-order valence-electron chi connectivity index (χ2n) is 5.97. The van der Waals surface area contributed by atoms with Crippen LogP contribution in [-0.4, -0.2) is 41.6 Å². The van der Waals surface area contributed by atoms with E-state index in [-0.39, 0.29) is 35.3 Å². The molecule has 1 aromatic heterocycles. The number of rotatable bonds is 10. The first kappa shape index (κ1) is 21.9. The van der Waals surface area contributed by atoms with E-state index in [1.54, 1.807) is 5.38 Å². The van der Waals surface area contributed by atoms with Gasteiger partial charge in [0.2, 0.25) is 10.0 Å². The molecule has 0 atom stereocenters. The fraction of sp³-hybridized carbons (Fsp3) is 0.412. The number of carbonyl (C=O) groups excluding carboxylic acids is 1. The van der Waals surface area contributed by atoms with Crippen LogP contribution >= 0.6 is 11.3 Å². The highest BCUT2D eigenvalue weighted by Crippen LogP contribution is 2.22. The van der Waals surface area contributed by atoms with Crippen LogP contribution in [0.15, 0.2) is 34.5 Å². The molecule has 1 heterocycles.